The van der Waals surface area contributed by atoms with Crippen LogP contribution in [0.1, 0.15) is 22.1 Å². The Labute approximate surface area is 169 Å². The number of carboxylic acid groups (broad SMARTS) is 1. The zero-order valence-corrected chi connectivity index (χ0v) is 17.0. The molecule has 28 heavy (non-hydrogen) atoms. The quantitative estimate of drug-likeness (QED) is 0.653. The average molecular weight is 404 g/mol. The van der Waals surface area contributed by atoms with Gasteiger partial charge in [-0.3, -0.25) is 10.1 Å². The number of carbonyl (C=O) groups is 1. The summed E-state index contributed by atoms with van der Waals surface area (Å²) in [5, 5.41) is 12.2. The van der Waals surface area contributed by atoms with Crippen molar-refractivity contribution < 1.29 is 24.1 Å². The second-order valence-corrected chi connectivity index (χ2v) is 7.76. The van der Waals surface area contributed by atoms with Gasteiger partial charge in [0.1, 0.15) is 36.5 Å². The van der Waals surface area contributed by atoms with Crippen molar-refractivity contribution in [1.82, 2.24) is 5.32 Å². The van der Waals surface area contributed by atoms with Gasteiger partial charge in [0.05, 0.1) is 12.5 Å². The van der Waals surface area contributed by atoms with Crippen LogP contribution in [0.15, 0.2) is 36.4 Å². The molecule has 7 heteroatoms. The summed E-state index contributed by atoms with van der Waals surface area (Å²) in [6.45, 7) is 4.89. The lowest BCUT2D eigenvalue weighted by Crippen LogP contribution is -2.33. The van der Waals surface area contributed by atoms with Crippen molar-refractivity contribution >= 4 is 17.7 Å². The summed E-state index contributed by atoms with van der Waals surface area (Å²) in [6, 6.07) is 11.0. The molecule has 6 nitrogen and oxygen atoms in total. The Kier molecular flexibility index (Phi) is 6.70. The molecule has 0 bridgehead atoms. The lowest BCUT2D eigenvalue weighted by Gasteiger charge is -2.18. The molecule has 2 N–H and O–H groups in total. The number of aliphatic carboxylic acids is 1. The molecule has 2 unspecified atom stereocenters. The average Bonchev–Trinajstić information content (AvgIpc) is 3.18. The van der Waals surface area contributed by atoms with Crippen molar-refractivity contribution in [2.75, 3.05) is 26.1 Å². The molecule has 2 atom stereocenters. The Morgan fingerprint density at radius 2 is 1.86 bits per heavy atom. The van der Waals surface area contributed by atoms with Gasteiger partial charge in [0, 0.05) is 17.4 Å². The molecule has 2 aromatic carbocycles. The van der Waals surface area contributed by atoms with E-state index in [1.807, 2.05) is 36.4 Å². The van der Waals surface area contributed by atoms with Gasteiger partial charge in [0.15, 0.2) is 0 Å². The van der Waals surface area contributed by atoms with Crippen molar-refractivity contribution in [2.24, 2.45) is 0 Å². The molecule has 1 aliphatic rings. The summed E-state index contributed by atoms with van der Waals surface area (Å²) in [6.07, 6.45) is 0. The lowest BCUT2D eigenvalue weighted by atomic mass is 10.1. The third kappa shape index (κ3) is 4.91. The number of benzene rings is 2. The summed E-state index contributed by atoms with van der Waals surface area (Å²) in [5.41, 5.74) is 3.32. The van der Waals surface area contributed by atoms with Crippen LogP contribution in [0.5, 0.6) is 17.2 Å². The fourth-order valence-corrected chi connectivity index (χ4v) is 4.15. The number of methoxy groups -OCH3 is 1. The maximum absolute atomic E-state index is 11.2. The van der Waals surface area contributed by atoms with Crippen LogP contribution in [-0.2, 0) is 4.79 Å². The van der Waals surface area contributed by atoms with Crippen LogP contribution in [0.4, 0.5) is 0 Å². The molecule has 0 amide bonds. The number of hydrogen-bond acceptors (Lipinski definition) is 6. The molecule has 1 fully saturated rings. The number of thioether (sulfide) groups is 1. The Morgan fingerprint density at radius 1 is 1.11 bits per heavy atom. The number of rotatable bonds is 8. The van der Waals surface area contributed by atoms with Gasteiger partial charge >= 0.3 is 5.97 Å². The van der Waals surface area contributed by atoms with E-state index in [1.165, 1.54) is 11.1 Å². The standard InChI is InChI=1S/C21H25NO5S/c1-13-4-5-16(10-14(13)2)26-8-9-27-19-11-15(25-3)6-7-17(19)20-22-18(12-28-20)21(23)24/h4-7,10-11,18,20,22H,8-9,12H2,1-3H3,(H,23,24). The number of hydrogen-bond donors (Lipinski definition) is 2. The molecule has 0 aromatic heterocycles. The normalized spacial score (nSPS) is 18.7. The molecule has 3 rings (SSSR count). The molecule has 0 aliphatic carbocycles. The number of ether oxygens (including phenoxy) is 3. The first-order valence-corrected chi connectivity index (χ1v) is 10.1. The highest BCUT2D eigenvalue weighted by atomic mass is 32.2. The topological polar surface area (TPSA) is 77.0 Å². The van der Waals surface area contributed by atoms with E-state index in [2.05, 4.69) is 19.2 Å². The smallest absolute Gasteiger partial charge is 0.321 e. The SMILES string of the molecule is COc1ccc(C2NC(C(=O)O)CS2)c(OCCOc2ccc(C)c(C)c2)c1. The molecule has 0 spiro atoms. The second kappa shape index (κ2) is 9.21. The van der Waals surface area contributed by atoms with E-state index in [0.717, 1.165) is 11.3 Å². The van der Waals surface area contributed by atoms with Crippen molar-refractivity contribution in [1.29, 1.82) is 0 Å². The highest BCUT2D eigenvalue weighted by Gasteiger charge is 2.32. The van der Waals surface area contributed by atoms with Gasteiger partial charge < -0.3 is 19.3 Å². The summed E-state index contributed by atoms with van der Waals surface area (Å²) in [5.74, 6) is 1.84. The minimum atomic E-state index is -0.840. The van der Waals surface area contributed by atoms with Crippen LogP contribution in [0, 0.1) is 13.8 Å². The number of carboxylic acids is 1. The van der Waals surface area contributed by atoms with E-state index >= 15 is 0 Å². The van der Waals surface area contributed by atoms with Gasteiger partial charge in [-0.15, -0.1) is 11.8 Å². The monoisotopic (exact) mass is 403 g/mol. The highest BCUT2D eigenvalue weighted by Crippen LogP contribution is 2.39. The zero-order valence-electron chi connectivity index (χ0n) is 16.2. The van der Waals surface area contributed by atoms with Crippen LogP contribution < -0.4 is 19.5 Å². The Morgan fingerprint density at radius 3 is 2.54 bits per heavy atom. The molecular weight excluding hydrogens is 378 g/mol. The molecule has 150 valence electrons. The van der Waals surface area contributed by atoms with Gasteiger partial charge in [-0.1, -0.05) is 6.07 Å². The fraction of sp³-hybridized carbons (Fsp3) is 0.381. The van der Waals surface area contributed by atoms with Gasteiger partial charge in [0.25, 0.3) is 0 Å². The predicted octanol–water partition coefficient (Wildman–Crippen LogP) is 3.56. The highest BCUT2D eigenvalue weighted by molar-refractivity contribution is 7.99. The molecular formula is C21H25NO5S. The molecule has 1 heterocycles. The van der Waals surface area contributed by atoms with Crippen LogP contribution in [-0.4, -0.2) is 43.2 Å². The van der Waals surface area contributed by atoms with Gasteiger partial charge in [-0.25, -0.2) is 0 Å². The Balaban J connectivity index is 1.63. The van der Waals surface area contributed by atoms with Crippen molar-refractivity contribution in [2.45, 2.75) is 25.3 Å². The fourth-order valence-electron chi connectivity index (χ4n) is 2.89. The second-order valence-electron chi connectivity index (χ2n) is 6.62. The van der Waals surface area contributed by atoms with Crippen LogP contribution in [0.2, 0.25) is 0 Å². The zero-order chi connectivity index (χ0) is 20.1. The first-order chi connectivity index (χ1) is 13.5. The van der Waals surface area contributed by atoms with Crippen molar-refractivity contribution in [3.05, 3.63) is 53.1 Å². The lowest BCUT2D eigenvalue weighted by molar-refractivity contribution is -0.138. The Hall–Kier alpha value is -2.38. The summed E-state index contributed by atoms with van der Waals surface area (Å²) in [7, 11) is 1.60. The van der Waals surface area contributed by atoms with E-state index < -0.39 is 12.0 Å². The minimum absolute atomic E-state index is 0.136. The maximum atomic E-state index is 11.2. The van der Waals surface area contributed by atoms with Gasteiger partial charge in [-0.2, -0.15) is 0 Å². The summed E-state index contributed by atoms with van der Waals surface area (Å²) >= 11 is 1.55. The van der Waals surface area contributed by atoms with Crippen LogP contribution in [0.3, 0.4) is 0 Å². The molecule has 0 radical (unpaired) electrons. The van der Waals surface area contributed by atoms with Crippen molar-refractivity contribution in [3.8, 4) is 17.2 Å². The van der Waals surface area contributed by atoms with Crippen LogP contribution >= 0.6 is 11.8 Å². The number of aryl methyl sites for hydroxylation is 2. The van der Waals surface area contributed by atoms with E-state index in [4.69, 9.17) is 14.2 Å². The maximum Gasteiger partial charge on any atom is 0.321 e. The summed E-state index contributed by atoms with van der Waals surface area (Å²) in [4.78, 5) is 11.2. The van der Waals surface area contributed by atoms with Crippen molar-refractivity contribution in [3.63, 3.8) is 0 Å². The van der Waals surface area contributed by atoms with Gasteiger partial charge in [-0.05, 0) is 49.2 Å². The Bertz CT molecular complexity index is 842. The molecule has 1 saturated heterocycles. The first kappa shape index (κ1) is 20.4. The summed E-state index contributed by atoms with van der Waals surface area (Å²) < 4.78 is 17.0. The van der Waals surface area contributed by atoms with E-state index in [0.29, 0.717) is 30.5 Å². The third-order valence-electron chi connectivity index (χ3n) is 4.67. The first-order valence-electron chi connectivity index (χ1n) is 9.09. The number of nitrogens with one attached hydrogen (secondary N) is 1. The van der Waals surface area contributed by atoms with Gasteiger partial charge in [0.2, 0.25) is 0 Å². The van der Waals surface area contributed by atoms with E-state index in [1.54, 1.807) is 18.9 Å². The molecule has 2 aromatic rings. The third-order valence-corrected chi connectivity index (χ3v) is 5.92. The molecule has 1 aliphatic heterocycles. The van der Waals surface area contributed by atoms with Crippen LogP contribution in [0.25, 0.3) is 0 Å². The predicted molar refractivity (Wildman–Crippen MR) is 110 cm³/mol. The molecule has 0 saturated carbocycles. The van der Waals surface area contributed by atoms with E-state index in [-0.39, 0.29) is 5.37 Å². The largest absolute Gasteiger partial charge is 0.497 e. The van der Waals surface area contributed by atoms with E-state index in [9.17, 15) is 9.90 Å². The minimum Gasteiger partial charge on any atom is -0.497 e.